The van der Waals surface area contributed by atoms with Crippen LogP contribution in [0, 0.1) is 22.7 Å². The van der Waals surface area contributed by atoms with Gasteiger partial charge in [-0.2, -0.15) is 10.5 Å². The maximum Gasteiger partial charge on any atom is 0.104 e. The second-order valence-electron chi connectivity index (χ2n) is 23.7. The lowest BCUT2D eigenvalue weighted by Crippen LogP contribution is -2.17. The van der Waals surface area contributed by atoms with Crippen LogP contribution in [-0.4, -0.2) is 18.3 Å². The van der Waals surface area contributed by atoms with E-state index in [0.717, 1.165) is 124 Å². The van der Waals surface area contributed by atoms with E-state index < -0.39 is 0 Å². The molecular formula is C78H48N6S2. The van der Waals surface area contributed by atoms with Crippen molar-refractivity contribution < 1.29 is 0 Å². The zero-order chi connectivity index (χ0) is 57.3. The van der Waals surface area contributed by atoms with Gasteiger partial charge in [-0.25, -0.2) is 0 Å². The molecule has 0 fully saturated rings. The first-order valence-electron chi connectivity index (χ1n) is 29.1. The van der Waals surface area contributed by atoms with E-state index in [2.05, 4.69) is 288 Å². The minimum Gasteiger partial charge on any atom is -0.306 e. The zero-order valence-corrected chi connectivity index (χ0v) is 48.6. The van der Waals surface area contributed by atoms with Crippen LogP contribution in [0.1, 0.15) is 37.5 Å². The van der Waals surface area contributed by atoms with E-state index in [0.29, 0.717) is 28.2 Å². The highest BCUT2D eigenvalue weighted by Gasteiger charge is 2.36. The molecular weight excluding hydrogens is 1090 g/mol. The van der Waals surface area contributed by atoms with E-state index in [1.54, 1.807) is 22.7 Å². The Morgan fingerprint density at radius 1 is 0.302 bits per heavy atom. The Kier molecular flexibility index (Phi) is 10.1. The molecule has 18 rings (SSSR count). The summed E-state index contributed by atoms with van der Waals surface area (Å²) in [5.74, 6) is 0. The van der Waals surface area contributed by atoms with Crippen molar-refractivity contribution in [2.75, 3.05) is 0 Å². The van der Waals surface area contributed by atoms with Crippen molar-refractivity contribution in [2.24, 2.45) is 0 Å². The number of nitrogens with zero attached hydrogens (tertiary/aromatic N) is 6. The van der Waals surface area contributed by atoms with Crippen LogP contribution in [0.5, 0.6) is 0 Å². The van der Waals surface area contributed by atoms with Gasteiger partial charge in [0.1, 0.15) is 23.3 Å². The summed E-state index contributed by atoms with van der Waals surface area (Å²) in [6.07, 6.45) is 0. The van der Waals surface area contributed by atoms with Crippen molar-refractivity contribution >= 4 is 150 Å². The predicted octanol–water partition coefficient (Wildman–Crippen LogP) is 21.5. The van der Waals surface area contributed by atoms with Crippen molar-refractivity contribution in [2.45, 2.75) is 26.2 Å². The van der Waals surface area contributed by atoms with E-state index in [1.807, 2.05) is 0 Å². The fourth-order valence-electron chi connectivity index (χ4n) is 14.4. The normalized spacial score (nSPS) is 12.3. The number of benzene rings is 12. The third-order valence-electron chi connectivity index (χ3n) is 18.2. The van der Waals surface area contributed by atoms with Gasteiger partial charge in [0.05, 0.1) is 76.3 Å². The monoisotopic (exact) mass is 1130 g/mol. The summed E-state index contributed by atoms with van der Waals surface area (Å²) in [4.78, 5) is 0. The van der Waals surface area contributed by atoms with Gasteiger partial charge in [-0.05, 0) is 82.8 Å². The van der Waals surface area contributed by atoms with Gasteiger partial charge in [0.2, 0.25) is 0 Å². The van der Waals surface area contributed by atoms with Gasteiger partial charge in [-0.3, -0.25) is 0 Å². The molecule has 6 aromatic heterocycles. The van der Waals surface area contributed by atoms with E-state index in [9.17, 15) is 10.5 Å². The fraction of sp³-hybridized carbons (Fsp3) is 0.0513. The Bertz CT molecular complexity index is 5830. The summed E-state index contributed by atoms with van der Waals surface area (Å²) in [7, 11) is 0. The van der Waals surface area contributed by atoms with Crippen LogP contribution in [0.3, 0.4) is 0 Å². The maximum absolute atomic E-state index is 13.0. The highest BCUT2D eigenvalue weighted by Crippen LogP contribution is 2.53. The molecule has 6 heterocycles. The van der Waals surface area contributed by atoms with Crippen molar-refractivity contribution in [3.05, 3.63) is 253 Å². The Labute approximate surface area is 501 Å². The van der Waals surface area contributed by atoms with Gasteiger partial charge in [-0.1, -0.05) is 197 Å². The molecule has 18 aromatic rings. The molecule has 8 heteroatoms. The molecule has 0 aliphatic carbocycles. The molecule has 0 unspecified atom stereocenters. The van der Waals surface area contributed by atoms with Gasteiger partial charge in [0.25, 0.3) is 0 Å². The third kappa shape index (κ3) is 6.57. The van der Waals surface area contributed by atoms with Crippen LogP contribution in [0.2, 0.25) is 0 Å². The standard InChI is InChI=1S/C78H48N6S2/c1-78(2,3)47-34-40-67-59(42-47)55-36-38-56-52-25-11-17-31-68(52)85-76(56)73(55)83(67)70-60(43-79)71(81-62-27-13-7-21-48(62)49-22-8-14-28-63(49)81)75(72(61(70)44-80)82-64-29-15-9-23-50(64)51-24-10-16-30-65(51)82)84-66-39-33-46(45-19-5-4-6-20-45)41-58(66)54-35-37-57-53-26-12-18-32-69(53)86-77(57)74(54)84/h4-42H,1-3H3. The third-order valence-corrected chi connectivity index (χ3v) is 20.6. The molecule has 0 aliphatic rings. The van der Waals surface area contributed by atoms with Crippen LogP contribution in [0.25, 0.3) is 161 Å². The number of hydrogen-bond acceptors (Lipinski definition) is 4. The topological polar surface area (TPSA) is 67.3 Å². The molecule has 0 radical (unpaired) electrons. The quantitative estimate of drug-likeness (QED) is 0.172. The number of thiophene rings is 2. The number of rotatable bonds is 5. The molecule has 0 atom stereocenters. The van der Waals surface area contributed by atoms with Gasteiger partial charge in [-0.15, -0.1) is 22.7 Å². The largest absolute Gasteiger partial charge is 0.306 e. The number of fused-ring (bicyclic) bond motifs is 20. The van der Waals surface area contributed by atoms with Crippen LogP contribution < -0.4 is 0 Å². The van der Waals surface area contributed by atoms with Gasteiger partial charge < -0.3 is 18.3 Å². The van der Waals surface area contributed by atoms with Crippen molar-refractivity contribution in [1.29, 1.82) is 10.5 Å². The lowest BCUT2D eigenvalue weighted by atomic mass is 9.86. The van der Waals surface area contributed by atoms with Crippen molar-refractivity contribution in [3.8, 4) is 46.0 Å². The van der Waals surface area contributed by atoms with Gasteiger partial charge >= 0.3 is 0 Å². The van der Waals surface area contributed by atoms with E-state index in [4.69, 9.17) is 0 Å². The molecule has 86 heavy (non-hydrogen) atoms. The summed E-state index contributed by atoms with van der Waals surface area (Å²) < 4.78 is 14.0. The molecule has 0 amide bonds. The molecule has 12 aromatic carbocycles. The molecule has 0 spiro atoms. The van der Waals surface area contributed by atoms with Crippen LogP contribution >= 0.6 is 22.7 Å². The molecule has 0 bridgehead atoms. The summed E-state index contributed by atoms with van der Waals surface area (Å²) in [6, 6.07) is 91.2. The number of nitriles is 2. The first-order chi connectivity index (χ1) is 42.3. The lowest BCUT2D eigenvalue weighted by molar-refractivity contribution is 0.591. The average molecular weight is 1130 g/mol. The van der Waals surface area contributed by atoms with Crippen molar-refractivity contribution in [3.63, 3.8) is 0 Å². The van der Waals surface area contributed by atoms with E-state index >= 15 is 0 Å². The minimum absolute atomic E-state index is 0.168. The minimum atomic E-state index is -0.168. The number of para-hydroxylation sites is 4. The molecule has 0 saturated carbocycles. The summed E-state index contributed by atoms with van der Waals surface area (Å²) >= 11 is 3.56. The molecule has 402 valence electrons. The molecule has 0 N–H and O–H groups in total. The highest BCUT2D eigenvalue weighted by molar-refractivity contribution is 7.27. The van der Waals surface area contributed by atoms with Gasteiger partial charge in [0, 0.05) is 74.0 Å². The first kappa shape index (κ1) is 48.8. The lowest BCUT2D eigenvalue weighted by Gasteiger charge is -2.27. The maximum atomic E-state index is 13.0. The molecule has 0 saturated heterocycles. The number of aromatic nitrogens is 4. The smallest absolute Gasteiger partial charge is 0.104 e. The van der Waals surface area contributed by atoms with E-state index in [1.165, 1.54) is 25.7 Å². The Morgan fingerprint density at radius 3 is 1.15 bits per heavy atom. The van der Waals surface area contributed by atoms with Crippen LogP contribution in [0.4, 0.5) is 0 Å². The average Bonchev–Trinajstić information content (AvgIpc) is 1.52. The summed E-state index contributed by atoms with van der Waals surface area (Å²) in [5, 5.41) is 39.2. The molecule has 0 aliphatic heterocycles. The van der Waals surface area contributed by atoms with Gasteiger partial charge in [0.15, 0.2) is 0 Å². The zero-order valence-electron chi connectivity index (χ0n) is 47.0. The van der Waals surface area contributed by atoms with E-state index in [-0.39, 0.29) is 5.41 Å². The predicted molar refractivity (Wildman–Crippen MR) is 363 cm³/mol. The Morgan fingerprint density at radius 2 is 0.686 bits per heavy atom. The summed E-state index contributed by atoms with van der Waals surface area (Å²) in [5.41, 5.74) is 14.2. The number of hydrogen-bond donors (Lipinski definition) is 0. The second kappa shape index (κ2) is 17.9. The first-order valence-corrected chi connectivity index (χ1v) is 30.8. The summed E-state index contributed by atoms with van der Waals surface area (Å²) in [6.45, 7) is 6.78. The van der Waals surface area contributed by atoms with Crippen LogP contribution in [0.15, 0.2) is 237 Å². The molecule has 6 nitrogen and oxygen atoms in total. The van der Waals surface area contributed by atoms with Crippen molar-refractivity contribution in [1.82, 2.24) is 18.3 Å². The Balaban J connectivity index is 1.16. The highest BCUT2D eigenvalue weighted by atomic mass is 32.1. The Hall–Kier alpha value is -10.7. The van der Waals surface area contributed by atoms with Crippen LogP contribution in [-0.2, 0) is 5.41 Å². The fourth-order valence-corrected chi connectivity index (χ4v) is 16.9. The SMILES string of the molecule is CC(C)(C)c1ccc2c(c1)c1ccc3c4ccccc4sc3c1n2-c1c(C#N)c(-n2c3ccccc3c3ccccc32)c(-n2c3ccc(-c4ccccc4)cc3c3ccc4c5ccccc5sc4c32)c(-n2c3ccccc3c3ccccc32)c1C#N. The second-order valence-corrected chi connectivity index (χ2v) is 25.8.